The fourth-order valence-electron chi connectivity index (χ4n) is 4.73. The lowest BCUT2D eigenvalue weighted by Crippen LogP contribution is -2.48. The molecule has 0 saturated carbocycles. The Labute approximate surface area is 165 Å². The van der Waals surface area contributed by atoms with Crippen LogP contribution < -0.4 is 5.32 Å². The summed E-state index contributed by atoms with van der Waals surface area (Å²) < 4.78 is 0. The molecule has 0 aliphatic carbocycles. The summed E-state index contributed by atoms with van der Waals surface area (Å²) in [6.45, 7) is 4.54. The average Bonchev–Trinajstić information content (AvgIpc) is 3.39. The van der Waals surface area contributed by atoms with Crippen LogP contribution in [0, 0.1) is 0 Å². The van der Waals surface area contributed by atoms with Gasteiger partial charge in [0.15, 0.2) is 0 Å². The highest BCUT2D eigenvalue weighted by atomic mass is 15.1. The van der Waals surface area contributed by atoms with Gasteiger partial charge in [-0.1, -0.05) is 62.4 Å². The number of nitrogens with zero attached hydrogens (tertiary/aromatic N) is 1. The van der Waals surface area contributed by atoms with Gasteiger partial charge in [0.25, 0.3) is 0 Å². The first kappa shape index (κ1) is 17.3. The molecule has 1 atom stereocenters. The number of H-pyrrole nitrogens is 2. The average molecular weight is 371 g/mol. The minimum atomic E-state index is -0.0586. The van der Waals surface area contributed by atoms with E-state index in [0.717, 1.165) is 30.8 Å². The van der Waals surface area contributed by atoms with Crippen molar-refractivity contribution in [3.05, 3.63) is 77.9 Å². The highest BCUT2D eigenvalue weighted by Gasteiger charge is 2.40. The molecule has 0 fully saturated rings. The Balaban J connectivity index is 1.59. The molecule has 0 unspecified atom stereocenters. The van der Waals surface area contributed by atoms with E-state index >= 15 is 0 Å². The number of nitrogens with one attached hydrogen (secondary N) is 3. The SMILES string of the molecule is CCC1(CC)N[C@@H](c2ncc(-c3ccccc3)[nH]2)Cc2c1[nH]c1ccccc21. The largest absolute Gasteiger partial charge is 0.357 e. The lowest BCUT2D eigenvalue weighted by atomic mass is 9.80. The zero-order valence-electron chi connectivity index (χ0n) is 16.4. The number of hydrogen-bond donors (Lipinski definition) is 3. The van der Waals surface area contributed by atoms with Gasteiger partial charge < -0.3 is 9.97 Å². The fraction of sp³-hybridized carbons (Fsp3) is 0.292. The van der Waals surface area contributed by atoms with E-state index in [-0.39, 0.29) is 11.6 Å². The summed E-state index contributed by atoms with van der Waals surface area (Å²) in [4.78, 5) is 12.1. The number of rotatable bonds is 4. The Hall–Kier alpha value is -2.85. The third kappa shape index (κ3) is 2.60. The zero-order chi connectivity index (χ0) is 19.1. The van der Waals surface area contributed by atoms with Gasteiger partial charge in [0.2, 0.25) is 0 Å². The number of imidazole rings is 1. The highest BCUT2D eigenvalue weighted by molar-refractivity contribution is 5.85. The first-order valence-electron chi connectivity index (χ1n) is 10.2. The molecule has 0 spiro atoms. The molecule has 5 rings (SSSR count). The number of aromatic amines is 2. The number of benzene rings is 2. The fourth-order valence-corrected chi connectivity index (χ4v) is 4.73. The van der Waals surface area contributed by atoms with Crippen molar-refractivity contribution >= 4 is 10.9 Å². The van der Waals surface area contributed by atoms with Gasteiger partial charge >= 0.3 is 0 Å². The summed E-state index contributed by atoms with van der Waals surface area (Å²) in [5, 5.41) is 5.28. The summed E-state index contributed by atoms with van der Waals surface area (Å²) in [7, 11) is 0. The molecule has 28 heavy (non-hydrogen) atoms. The molecule has 3 heterocycles. The first-order chi connectivity index (χ1) is 13.7. The summed E-state index contributed by atoms with van der Waals surface area (Å²) >= 11 is 0. The molecule has 4 nitrogen and oxygen atoms in total. The van der Waals surface area contributed by atoms with E-state index < -0.39 is 0 Å². The topological polar surface area (TPSA) is 56.5 Å². The maximum atomic E-state index is 4.76. The molecule has 142 valence electrons. The van der Waals surface area contributed by atoms with Gasteiger partial charge in [-0.15, -0.1) is 0 Å². The van der Waals surface area contributed by atoms with E-state index in [4.69, 9.17) is 4.98 Å². The molecule has 2 aromatic heterocycles. The first-order valence-corrected chi connectivity index (χ1v) is 10.2. The Morgan fingerprint density at radius 1 is 0.964 bits per heavy atom. The van der Waals surface area contributed by atoms with Gasteiger partial charge in [-0.25, -0.2) is 4.98 Å². The summed E-state index contributed by atoms with van der Waals surface area (Å²) in [5.41, 5.74) is 6.19. The van der Waals surface area contributed by atoms with Crippen molar-refractivity contribution in [2.24, 2.45) is 0 Å². The van der Waals surface area contributed by atoms with Crippen molar-refractivity contribution in [3.8, 4) is 11.3 Å². The van der Waals surface area contributed by atoms with Crippen molar-refractivity contribution in [2.75, 3.05) is 0 Å². The van der Waals surface area contributed by atoms with Crippen LogP contribution in [0.1, 0.15) is 49.8 Å². The second-order valence-corrected chi connectivity index (χ2v) is 7.76. The molecule has 0 bridgehead atoms. The Bertz CT molecular complexity index is 1100. The standard InChI is InChI=1S/C24H26N4/c1-3-24(4-2)22-18(17-12-8-9-13-19(17)26-22)14-20(28-24)23-25-15-21(27-23)16-10-6-5-7-11-16/h5-13,15,20,26,28H,3-4,14H2,1-2H3,(H,25,27)/t20-/m1/s1. The molecule has 3 N–H and O–H groups in total. The van der Waals surface area contributed by atoms with Crippen molar-refractivity contribution in [1.29, 1.82) is 0 Å². The quantitative estimate of drug-likeness (QED) is 0.447. The minimum absolute atomic E-state index is 0.0586. The van der Waals surface area contributed by atoms with E-state index in [2.05, 4.69) is 77.7 Å². The summed E-state index contributed by atoms with van der Waals surface area (Å²) in [6, 6.07) is 19.2. The Kier molecular flexibility index (Phi) is 4.09. The normalized spacial score (nSPS) is 18.3. The van der Waals surface area contributed by atoms with Gasteiger partial charge in [-0.3, -0.25) is 5.32 Å². The van der Waals surface area contributed by atoms with Gasteiger partial charge in [0, 0.05) is 16.6 Å². The Morgan fingerprint density at radius 3 is 2.50 bits per heavy atom. The van der Waals surface area contributed by atoms with Crippen LogP contribution >= 0.6 is 0 Å². The molecular weight excluding hydrogens is 344 g/mol. The van der Waals surface area contributed by atoms with Gasteiger partial charge in [0.05, 0.1) is 23.5 Å². The lowest BCUT2D eigenvalue weighted by Gasteiger charge is -2.41. The zero-order valence-corrected chi connectivity index (χ0v) is 16.4. The van der Waals surface area contributed by atoms with E-state index in [0.29, 0.717) is 0 Å². The van der Waals surface area contributed by atoms with Crippen LogP contribution in [0.5, 0.6) is 0 Å². The van der Waals surface area contributed by atoms with Crippen molar-refractivity contribution < 1.29 is 0 Å². The van der Waals surface area contributed by atoms with E-state index in [1.807, 2.05) is 12.3 Å². The molecule has 0 radical (unpaired) electrons. The second kappa shape index (κ2) is 6.64. The van der Waals surface area contributed by atoms with Crippen molar-refractivity contribution in [2.45, 2.75) is 44.7 Å². The van der Waals surface area contributed by atoms with Crippen molar-refractivity contribution in [1.82, 2.24) is 20.3 Å². The van der Waals surface area contributed by atoms with Crippen LogP contribution in [0.2, 0.25) is 0 Å². The molecular formula is C24H26N4. The maximum Gasteiger partial charge on any atom is 0.124 e. The van der Waals surface area contributed by atoms with Crippen LogP contribution in [0.15, 0.2) is 60.8 Å². The highest BCUT2D eigenvalue weighted by Crippen LogP contribution is 2.42. The van der Waals surface area contributed by atoms with Gasteiger partial charge in [-0.2, -0.15) is 0 Å². The molecule has 1 aliphatic rings. The molecule has 1 aliphatic heterocycles. The molecule has 2 aromatic carbocycles. The maximum absolute atomic E-state index is 4.76. The van der Waals surface area contributed by atoms with Crippen LogP contribution in [-0.2, 0) is 12.0 Å². The van der Waals surface area contributed by atoms with E-state index in [9.17, 15) is 0 Å². The van der Waals surface area contributed by atoms with E-state index in [1.165, 1.54) is 27.7 Å². The third-order valence-corrected chi connectivity index (χ3v) is 6.37. The number of aromatic nitrogens is 3. The predicted molar refractivity (Wildman–Crippen MR) is 114 cm³/mol. The molecule has 0 saturated heterocycles. The Morgan fingerprint density at radius 2 is 1.71 bits per heavy atom. The lowest BCUT2D eigenvalue weighted by molar-refractivity contribution is 0.237. The minimum Gasteiger partial charge on any atom is -0.357 e. The third-order valence-electron chi connectivity index (χ3n) is 6.37. The van der Waals surface area contributed by atoms with Crippen molar-refractivity contribution in [3.63, 3.8) is 0 Å². The van der Waals surface area contributed by atoms with Crippen LogP contribution in [0.4, 0.5) is 0 Å². The van der Waals surface area contributed by atoms with Crippen LogP contribution in [0.25, 0.3) is 22.2 Å². The van der Waals surface area contributed by atoms with E-state index in [1.54, 1.807) is 0 Å². The van der Waals surface area contributed by atoms with Gasteiger partial charge in [-0.05, 0) is 36.5 Å². The summed E-state index contributed by atoms with van der Waals surface area (Å²) in [5.74, 6) is 1.01. The van der Waals surface area contributed by atoms with Gasteiger partial charge in [0.1, 0.15) is 5.82 Å². The van der Waals surface area contributed by atoms with Crippen LogP contribution in [-0.4, -0.2) is 15.0 Å². The predicted octanol–water partition coefficient (Wildman–Crippen LogP) is 5.46. The number of hydrogen-bond acceptors (Lipinski definition) is 2. The second-order valence-electron chi connectivity index (χ2n) is 7.76. The smallest absolute Gasteiger partial charge is 0.124 e. The molecule has 4 heteroatoms. The summed E-state index contributed by atoms with van der Waals surface area (Å²) in [6.07, 6.45) is 4.96. The number of fused-ring (bicyclic) bond motifs is 3. The monoisotopic (exact) mass is 370 g/mol. The van der Waals surface area contributed by atoms with Crippen LogP contribution in [0.3, 0.4) is 0 Å². The molecule has 4 aromatic rings. The molecule has 0 amide bonds. The number of para-hydroxylation sites is 1.